The summed E-state index contributed by atoms with van der Waals surface area (Å²) in [7, 11) is 0. The van der Waals surface area contributed by atoms with Crippen molar-refractivity contribution in [3.05, 3.63) is 18.0 Å². The molecule has 1 amide bonds. The highest BCUT2D eigenvalue weighted by Gasteiger charge is 2.19. The molecule has 2 heterocycles. The van der Waals surface area contributed by atoms with Crippen LogP contribution in [0.2, 0.25) is 0 Å². The van der Waals surface area contributed by atoms with E-state index in [1.807, 2.05) is 10.7 Å². The van der Waals surface area contributed by atoms with Crippen LogP contribution in [-0.2, 0) is 13.1 Å². The van der Waals surface area contributed by atoms with Crippen molar-refractivity contribution in [2.45, 2.75) is 13.1 Å². The Balaban J connectivity index is 2.20. The van der Waals surface area contributed by atoms with Crippen LogP contribution in [0.3, 0.4) is 0 Å². The van der Waals surface area contributed by atoms with Crippen molar-refractivity contribution in [3.63, 3.8) is 0 Å². The van der Waals surface area contributed by atoms with Gasteiger partial charge in [-0.15, -0.1) is 0 Å². The summed E-state index contributed by atoms with van der Waals surface area (Å²) >= 11 is 0. The maximum absolute atomic E-state index is 10.6. The summed E-state index contributed by atoms with van der Waals surface area (Å²) in [5, 5.41) is 12.7. The van der Waals surface area contributed by atoms with Gasteiger partial charge in [-0.2, -0.15) is 5.10 Å². The molecule has 0 unspecified atom stereocenters. The van der Waals surface area contributed by atoms with E-state index in [4.69, 9.17) is 5.11 Å². The number of rotatable bonds is 0. The summed E-state index contributed by atoms with van der Waals surface area (Å²) in [6, 6.07) is 1.84. The van der Waals surface area contributed by atoms with Crippen molar-refractivity contribution < 1.29 is 9.90 Å². The molecule has 0 saturated carbocycles. The Hall–Kier alpha value is -1.52. The monoisotopic (exact) mass is 167 g/mol. The lowest BCUT2D eigenvalue weighted by Crippen LogP contribution is -2.37. The molecule has 1 N–H and O–H groups in total. The predicted octanol–water partition coefficient (Wildman–Crippen LogP) is 0.377. The Kier molecular flexibility index (Phi) is 1.49. The van der Waals surface area contributed by atoms with Gasteiger partial charge in [-0.25, -0.2) is 4.79 Å². The fourth-order valence-electron chi connectivity index (χ4n) is 1.35. The van der Waals surface area contributed by atoms with E-state index in [0.717, 1.165) is 5.69 Å². The third-order valence-electron chi connectivity index (χ3n) is 2.01. The van der Waals surface area contributed by atoms with Gasteiger partial charge < -0.3 is 10.0 Å². The molecule has 1 aromatic rings. The summed E-state index contributed by atoms with van der Waals surface area (Å²) in [5.41, 5.74) is 0.962. The quantitative estimate of drug-likeness (QED) is 0.607. The zero-order valence-electron chi connectivity index (χ0n) is 6.47. The first-order valence-electron chi connectivity index (χ1n) is 3.76. The highest BCUT2D eigenvalue weighted by molar-refractivity contribution is 5.65. The number of hydrogen-bond acceptors (Lipinski definition) is 2. The van der Waals surface area contributed by atoms with Gasteiger partial charge in [0.2, 0.25) is 0 Å². The first-order chi connectivity index (χ1) is 5.77. The number of hydrogen-bond donors (Lipinski definition) is 1. The summed E-state index contributed by atoms with van der Waals surface area (Å²) in [5.74, 6) is 0. The molecule has 0 aromatic carbocycles. The Bertz CT molecular complexity index is 307. The Labute approximate surface area is 69.2 Å². The summed E-state index contributed by atoms with van der Waals surface area (Å²) in [6.07, 6.45) is 0.836. The van der Waals surface area contributed by atoms with Gasteiger partial charge in [0.15, 0.2) is 0 Å². The van der Waals surface area contributed by atoms with Crippen molar-refractivity contribution >= 4 is 6.09 Å². The molecule has 0 aliphatic carbocycles. The van der Waals surface area contributed by atoms with Crippen LogP contribution in [-0.4, -0.2) is 32.4 Å². The Morgan fingerprint density at radius 2 is 2.42 bits per heavy atom. The summed E-state index contributed by atoms with van der Waals surface area (Å²) < 4.78 is 1.83. The van der Waals surface area contributed by atoms with Crippen LogP contribution >= 0.6 is 0 Å². The molecular weight excluding hydrogens is 158 g/mol. The lowest BCUT2D eigenvalue weighted by atomic mass is 10.3. The second-order valence-corrected chi connectivity index (χ2v) is 2.75. The number of carboxylic acid groups (broad SMARTS) is 1. The van der Waals surface area contributed by atoms with Crippen molar-refractivity contribution in [3.8, 4) is 0 Å². The first-order valence-corrected chi connectivity index (χ1v) is 3.76. The molecule has 1 aliphatic rings. The number of nitrogens with zero attached hydrogens (tertiary/aromatic N) is 3. The van der Waals surface area contributed by atoms with Crippen LogP contribution in [0.15, 0.2) is 12.3 Å². The fourth-order valence-corrected chi connectivity index (χ4v) is 1.35. The van der Waals surface area contributed by atoms with E-state index in [0.29, 0.717) is 19.6 Å². The molecule has 2 rings (SSSR count). The molecule has 0 spiro atoms. The third kappa shape index (κ3) is 1.03. The Morgan fingerprint density at radius 3 is 3.17 bits per heavy atom. The normalized spacial score (nSPS) is 15.8. The molecular formula is C7H9N3O2. The average Bonchev–Trinajstić information content (AvgIpc) is 2.49. The lowest BCUT2D eigenvalue weighted by molar-refractivity contribution is 0.131. The average molecular weight is 167 g/mol. The lowest BCUT2D eigenvalue weighted by Gasteiger charge is -2.24. The van der Waals surface area contributed by atoms with Gasteiger partial charge in [0, 0.05) is 12.7 Å². The minimum absolute atomic E-state index is 0.454. The van der Waals surface area contributed by atoms with Gasteiger partial charge in [0.25, 0.3) is 0 Å². The Morgan fingerprint density at radius 1 is 1.58 bits per heavy atom. The van der Waals surface area contributed by atoms with Crippen LogP contribution in [0, 0.1) is 0 Å². The standard InChI is InChI=1S/C7H9N3O2/c11-7(12)9-3-4-10-6(5-9)1-2-8-10/h1-2H,3-5H2,(H,11,12). The first kappa shape index (κ1) is 7.15. The van der Waals surface area contributed by atoms with Gasteiger partial charge in [-0.05, 0) is 6.07 Å². The van der Waals surface area contributed by atoms with E-state index in [-0.39, 0.29) is 0 Å². The van der Waals surface area contributed by atoms with E-state index < -0.39 is 6.09 Å². The van der Waals surface area contributed by atoms with Crippen LogP contribution in [0.25, 0.3) is 0 Å². The molecule has 1 aromatic heterocycles. The van der Waals surface area contributed by atoms with E-state index in [1.165, 1.54) is 4.90 Å². The molecule has 64 valence electrons. The smallest absolute Gasteiger partial charge is 0.407 e. The summed E-state index contributed by atoms with van der Waals surface area (Å²) in [4.78, 5) is 12.0. The molecule has 0 fully saturated rings. The number of amides is 1. The van der Waals surface area contributed by atoms with Gasteiger partial charge in [-0.3, -0.25) is 4.68 Å². The second-order valence-electron chi connectivity index (χ2n) is 2.75. The highest BCUT2D eigenvalue weighted by Crippen LogP contribution is 2.10. The van der Waals surface area contributed by atoms with Crippen molar-refractivity contribution in [1.82, 2.24) is 14.7 Å². The maximum atomic E-state index is 10.6. The molecule has 1 aliphatic heterocycles. The van der Waals surface area contributed by atoms with Gasteiger partial charge in [-0.1, -0.05) is 0 Å². The maximum Gasteiger partial charge on any atom is 0.407 e. The minimum Gasteiger partial charge on any atom is -0.465 e. The van der Waals surface area contributed by atoms with Crippen LogP contribution < -0.4 is 0 Å². The molecule has 0 saturated heterocycles. The largest absolute Gasteiger partial charge is 0.465 e. The van der Waals surface area contributed by atoms with E-state index in [2.05, 4.69) is 5.10 Å². The molecule has 5 nitrogen and oxygen atoms in total. The number of aromatic nitrogens is 2. The zero-order valence-corrected chi connectivity index (χ0v) is 6.47. The molecule has 0 bridgehead atoms. The number of carbonyl (C=O) groups is 1. The highest BCUT2D eigenvalue weighted by atomic mass is 16.4. The molecule has 0 radical (unpaired) electrons. The minimum atomic E-state index is -0.859. The fraction of sp³-hybridized carbons (Fsp3) is 0.429. The van der Waals surface area contributed by atoms with Gasteiger partial charge >= 0.3 is 6.09 Å². The topological polar surface area (TPSA) is 58.4 Å². The van der Waals surface area contributed by atoms with E-state index >= 15 is 0 Å². The summed E-state index contributed by atoms with van der Waals surface area (Å²) in [6.45, 7) is 1.65. The van der Waals surface area contributed by atoms with Crippen molar-refractivity contribution in [1.29, 1.82) is 0 Å². The third-order valence-corrected chi connectivity index (χ3v) is 2.01. The van der Waals surface area contributed by atoms with Crippen molar-refractivity contribution in [2.75, 3.05) is 6.54 Å². The van der Waals surface area contributed by atoms with Crippen molar-refractivity contribution in [2.24, 2.45) is 0 Å². The zero-order chi connectivity index (χ0) is 8.55. The predicted molar refractivity (Wildman–Crippen MR) is 40.7 cm³/mol. The molecule has 0 atom stereocenters. The second kappa shape index (κ2) is 2.51. The molecule has 12 heavy (non-hydrogen) atoms. The molecule has 5 heteroatoms. The van der Waals surface area contributed by atoms with Gasteiger partial charge in [0.05, 0.1) is 18.8 Å². The van der Waals surface area contributed by atoms with Crippen LogP contribution in [0.4, 0.5) is 4.79 Å². The van der Waals surface area contributed by atoms with E-state index in [1.54, 1.807) is 6.20 Å². The van der Waals surface area contributed by atoms with Crippen LogP contribution in [0.1, 0.15) is 5.69 Å². The van der Waals surface area contributed by atoms with Gasteiger partial charge in [0.1, 0.15) is 0 Å². The SMILES string of the molecule is O=C(O)N1CCn2nccc2C1. The van der Waals surface area contributed by atoms with Crippen LogP contribution in [0.5, 0.6) is 0 Å². The number of fused-ring (bicyclic) bond motifs is 1. The van der Waals surface area contributed by atoms with E-state index in [9.17, 15) is 4.79 Å².